The second-order valence-corrected chi connectivity index (χ2v) is 9.68. The maximum absolute atomic E-state index is 13.7. The second-order valence-electron chi connectivity index (χ2n) is 8.93. The molecule has 6 rings (SSSR count). The van der Waals surface area contributed by atoms with Gasteiger partial charge in [0.25, 0.3) is 11.8 Å². The van der Waals surface area contributed by atoms with Crippen LogP contribution in [0.25, 0.3) is 16.6 Å². The number of carbonyl (C=O) groups is 2. The van der Waals surface area contributed by atoms with E-state index in [1.54, 1.807) is 15.3 Å². The number of ether oxygens (including phenoxy) is 1. The highest BCUT2D eigenvalue weighted by molar-refractivity contribution is 9.10. The number of aromatic nitrogens is 4. The number of fused-ring (bicyclic) bond motifs is 2. The molecule has 1 spiro atoms. The zero-order valence-corrected chi connectivity index (χ0v) is 20.2. The normalized spacial score (nSPS) is 20.6. The molecule has 1 aromatic carbocycles. The van der Waals surface area contributed by atoms with Crippen molar-refractivity contribution in [2.75, 3.05) is 32.8 Å². The van der Waals surface area contributed by atoms with Crippen molar-refractivity contribution in [3.63, 3.8) is 0 Å². The average molecular weight is 523 g/mol. The molecule has 0 radical (unpaired) electrons. The number of rotatable bonds is 2. The van der Waals surface area contributed by atoms with Crippen molar-refractivity contribution in [3.05, 3.63) is 64.7 Å². The lowest BCUT2D eigenvalue weighted by Crippen LogP contribution is -2.60. The summed E-state index contributed by atoms with van der Waals surface area (Å²) in [5, 5.41) is 5.35. The number of imidazole rings is 1. The number of carbonyl (C=O) groups excluding carboxylic acids is 2. The molecule has 0 bridgehead atoms. The Balaban J connectivity index is 1.29. The van der Waals surface area contributed by atoms with E-state index in [4.69, 9.17) is 4.74 Å². The van der Waals surface area contributed by atoms with E-state index in [1.807, 2.05) is 59.4 Å². The van der Waals surface area contributed by atoms with Crippen LogP contribution in [0.15, 0.2) is 53.4 Å². The minimum absolute atomic E-state index is 0.0494. The first-order valence-corrected chi connectivity index (χ1v) is 12.0. The molecule has 1 unspecified atom stereocenters. The van der Waals surface area contributed by atoms with E-state index in [-0.39, 0.29) is 11.8 Å². The van der Waals surface area contributed by atoms with E-state index in [1.165, 1.54) is 0 Å². The third-order valence-corrected chi connectivity index (χ3v) is 7.54. The minimum atomic E-state index is -0.548. The van der Waals surface area contributed by atoms with Crippen LogP contribution in [0.1, 0.15) is 27.3 Å². The van der Waals surface area contributed by atoms with Gasteiger partial charge in [0, 0.05) is 43.8 Å². The molecule has 2 saturated heterocycles. The lowest BCUT2D eigenvalue weighted by molar-refractivity contribution is -0.0475. The zero-order chi connectivity index (χ0) is 23.4. The molecule has 2 fully saturated rings. The standard InChI is InChI=1S/C24H23BrN6O3/c1-28-18-12-16(5-6-17(18)21(25)27-28)22(32)31-10-11-34-15-24(31)7-9-29(14-24)23(33)19-13-26-20-4-2-3-8-30(19)20/h2-6,8,12-13H,7,9-11,14-15H2,1H3. The number of nitrogens with zero attached hydrogens (tertiary/aromatic N) is 6. The second kappa shape index (κ2) is 7.92. The van der Waals surface area contributed by atoms with Gasteiger partial charge in [0.15, 0.2) is 0 Å². The summed E-state index contributed by atoms with van der Waals surface area (Å²) in [6, 6.07) is 11.3. The quantitative estimate of drug-likeness (QED) is 0.404. The predicted octanol–water partition coefficient (Wildman–Crippen LogP) is 2.74. The first-order chi connectivity index (χ1) is 16.5. The molecule has 2 amide bonds. The summed E-state index contributed by atoms with van der Waals surface area (Å²) >= 11 is 3.47. The van der Waals surface area contributed by atoms with Crippen LogP contribution in [0.4, 0.5) is 0 Å². The Morgan fingerprint density at radius 3 is 2.91 bits per heavy atom. The molecule has 0 aliphatic carbocycles. The number of hydrogen-bond donors (Lipinski definition) is 0. The van der Waals surface area contributed by atoms with E-state index < -0.39 is 5.54 Å². The van der Waals surface area contributed by atoms with Crippen LogP contribution in [0.5, 0.6) is 0 Å². The van der Waals surface area contributed by atoms with Gasteiger partial charge in [-0.3, -0.25) is 18.7 Å². The van der Waals surface area contributed by atoms with Crippen LogP contribution in [0.3, 0.4) is 0 Å². The summed E-state index contributed by atoms with van der Waals surface area (Å²) in [5.74, 6) is -0.138. The van der Waals surface area contributed by atoms with Gasteiger partial charge in [0.2, 0.25) is 0 Å². The molecule has 2 aliphatic rings. The number of halogens is 1. The maximum atomic E-state index is 13.7. The summed E-state index contributed by atoms with van der Waals surface area (Å²) < 4.78 is 10.2. The molecule has 3 aromatic heterocycles. The Bertz CT molecular complexity index is 1450. The molecular weight excluding hydrogens is 500 g/mol. The Kier molecular flexibility index (Phi) is 4.96. The van der Waals surface area contributed by atoms with E-state index in [0.717, 1.165) is 21.2 Å². The molecule has 0 N–H and O–H groups in total. The first-order valence-electron chi connectivity index (χ1n) is 11.2. The number of likely N-dealkylation sites (tertiary alicyclic amines) is 1. The van der Waals surface area contributed by atoms with Gasteiger partial charge in [-0.25, -0.2) is 4.98 Å². The smallest absolute Gasteiger partial charge is 0.272 e. The average Bonchev–Trinajstić information content (AvgIpc) is 3.55. The Labute approximate surface area is 204 Å². The van der Waals surface area contributed by atoms with Crippen LogP contribution in [0.2, 0.25) is 0 Å². The van der Waals surface area contributed by atoms with Gasteiger partial charge in [-0.1, -0.05) is 6.07 Å². The maximum Gasteiger partial charge on any atom is 0.272 e. The molecule has 9 nitrogen and oxygen atoms in total. The summed E-state index contributed by atoms with van der Waals surface area (Å²) in [4.78, 5) is 35.2. The summed E-state index contributed by atoms with van der Waals surface area (Å²) in [6.45, 7) is 2.36. The Morgan fingerprint density at radius 1 is 1.15 bits per heavy atom. The van der Waals surface area contributed by atoms with E-state index in [9.17, 15) is 9.59 Å². The van der Waals surface area contributed by atoms with Crippen molar-refractivity contribution in [1.29, 1.82) is 0 Å². The monoisotopic (exact) mass is 522 g/mol. The molecule has 1 atom stereocenters. The summed E-state index contributed by atoms with van der Waals surface area (Å²) in [6.07, 6.45) is 4.12. The highest BCUT2D eigenvalue weighted by Gasteiger charge is 2.49. The summed E-state index contributed by atoms with van der Waals surface area (Å²) in [5.41, 5.74) is 2.20. The van der Waals surface area contributed by atoms with Crippen molar-refractivity contribution in [1.82, 2.24) is 29.0 Å². The molecule has 0 saturated carbocycles. The lowest BCUT2D eigenvalue weighted by atomic mass is 9.94. The van der Waals surface area contributed by atoms with E-state index in [2.05, 4.69) is 26.0 Å². The van der Waals surface area contributed by atoms with Gasteiger partial charge in [-0.15, -0.1) is 0 Å². The third-order valence-electron chi connectivity index (χ3n) is 6.96. The fourth-order valence-corrected chi connectivity index (χ4v) is 5.75. The lowest BCUT2D eigenvalue weighted by Gasteiger charge is -2.44. The van der Waals surface area contributed by atoms with Gasteiger partial charge < -0.3 is 14.5 Å². The van der Waals surface area contributed by atoms with Crippen molar-refractivity contribution < 1.29 is 14.3 Å². The highest BCUT2D eigenvalue weighted by atomic mass is 79.9. The number of pyridine rings is 1. The Morgan fingerprint density at radius 2 is 2.03 bits per heavy atom. The van der Waals surface area contributed by atoms with Crippen molar-refractivity contribution >= 4 is 44.3 Å². The fraction of sp³-hybridized carbons (Fsp3) is 0.333. The van der Waals surface area contributed by atoms with Gasteiger partial charge in [0.1, 0.15) is 15.9 Å². The van der Waals surface area contributed by atoms with E-state index >= 15 is 0 Å². The summed E-state index contributed by atoms with van der Waals surface area (Å²) in [7, 11) is 1.86. The molecule has 174 valence electrons. The Hall–Kier alpha value is -3.24. The predicted molar refractivity (Wildman–Crippen MR) is 129 cm³/mol. The molecule has 4 aromatic rings. The number of benzene rings is 1. The number of aryl methyl sites for hydroxylation is 1. The first kappa shape index (κ1) is 21.3. The van der Waals surface area contributed by atoms with Crippen LogP contribution < -0.4 is 0 Å². The van der Waals surface area contributed by atoms with Gasteiger partial charge in [-0.05, 0) is 52.7 Å². The molecule has 2 aliphatic heterocycles. The van der Waals surface area contributed by atoms with Crippen molar-refractivity contribution in [2.24, 2.45) is 7.05 Å². The van der Waals surface area contributed by atoms with Crippen LogP contribution in [-0.2, 0) is 11.8 Å². The van der Waals surface area contributed by atoms with Crippen molar-refractivity contribution in [2.45, 2.75) is 12.0 Å². The molecule has 5 heterocycles. The molecule has 10 heteroatoms. The topological polar surface area (TPSA) is 85.0 Å². The number of amides is 2. The highest BCUT2D eigenvalue weighted by Crippen LogP contribution is 2.34. The van der Waals surface area contributed by atoms with Gasteiger partial charge in [-0.2, -0.15) is 5.10 Å². The number of morpholine rings is 1. The third kappa shape index (κ3) is 3.24. The SMILES string of the molecule is Cn1nc(Br)c2ccc(C(=O)N3CCOCC34CCN(C(=O)c3cnc5ccccn35)C4)cc21. The minimum Gasteiger partial charge on any atom is -0.377 e. The fourth-order valence-electron chi connectivity index (χ4n) is 5.17. The van der Waals surface area contributed by atoms with Crippen molar-refractivity contribution in [3.8, 4) is 0 Å². The van der Waals surface area contributed by atoms with Gasteiger partial charge >= 0.3 is 0 Å². The molecular formula is C24H23BrN6O3. The number of hydrogen-bond acceptors (Lipinski definition) is 5. The zero-order valence-electron chi connectivity index (χ0n) is 18.6. The van der Waals surface area contributed by atoms with E-state index in [0.29, 0.717) is 50.5 Å². The molecule has 34 heavy (non-hydrogen) atoms. The van der Waals surface area contributed by atoms with Crippen LogP contribution in [0, 0.1) is 0 Å². The van der Waals surface area contributed by atoms with Crippen LogP contribution in [-0.4, -0.2) is 79.2 Å². The van der Waals surface area contributed by atoms with Crippen LogP contribution >= 0.6 is 15.9 Å². The largest absolute Gasteiger partial charge is 0.377 e. The van der Waals surface area contributed by atoms with Gasteiger partial charge in [0.05, 0.1) is 30.5 Å².